The first kappa shape index (κ1) is 20.4. The van der Waals surface area contributed by atoms with Crippen LogP contribution in [0.5, 0.6) is 5.75 Å². The molecule has 1 fully saturated rings. The molecule has 1 N–H and O–H groups in total. The van der Waals surface area contributed by atoms with Gasteiger partial charge in [-0.15, -0.1) is 0 Å². The lowest BCUT2D eigenvalue weighted by atomic mass is 9.92. The number of carbonyl (C=O) groups excluding carboxylic acids is 1. The van der Waals surface area contributed by atoms with Crippen LogP contribution in [-0.4, -0.2) is 28.0 Å². The molecule has 0 radical (unpaired) electrons. The lowest BCUT2D eigenvalue weighted by Gasteiger charge is -2.17. The number of ether oxygens (including phenoxy) is 1. The Hall–Kier alpha value is -3.54. The number of hydrogen-bond acceptors (Lipinski definition) is 5. The zero-order valence-electron chi connectivity index (χ0n) is 19.0. The summed E-state index contributed by atoms with van der Waals surface area (Å²) in [5.41, 5.74) is 7.74. The second-order valence-corrected chi connectivity index (χ2v) is 8.65. The van der Waals surface area contributed by atoms with Crippen LogP contribution in [0.25, 0.3) is 32.9 Å². The molecule has 2 aromatic heterocycles. The summed E-state index contributed by atoms with van der Waals surface area (Å²) in [7, 11) is 1.69. The summed E-state index contributed by atoms with van der Waals surface area (Å²) < 4.78 is 5.59. The molecule has 0 bridgehead atoms. The molecule has 2 aromatic carbocycles. The number of anilines is 1. The van der Waals surface area contributed by atoms with Gasteiger partial charge in [0.1, 0.15) is 11.6 Å². The number of aryl methyl sites for hydroxylation is 3. The van der Waals surface area contributed by atoms with Gasteiger partial charge in [0.25, 0.3) is 0 Å². The van der Waals surface area contributed by atoms with E-state index in [1.54, 1.807) is 7.11 Å². The van der Waals surface area contributed by atoms with E-state index in [9.17, 15) is 4.79 Å². The van der Waals surface area contributed by atoms with Crippen LogP contribution in [0.3, 0.4) is 0 Å². The SMILES string of the molecule is COc1ccc(C)c(-c2cc3cnc(NC(=O)C4CC4)cc3c3nc(C)c(C)nc23)c1C. The molecule has 6 nitrogen and oxygen atoms in total. The Bertz CT molecular complexity index is 1410. The van der Waals surface area contributed by atoms with E-state index in [0.29, 0.717) is 5.82 Å². The molecule has 1 aliphatic rings. The summed E-state index contributed by atoms with van der Waals surface area (Å²) in [5.74, 6) is 1.55. The average molecular weight is 427 g/mol. The minimum Gasteiger partial charge on any atom is -0.496 e. The molecule has 5 rings (SSSR count). The summed E-state index contributed by atoms with van der Waals surface area (Å²) in [5, 5.41) is 4.84. The molecule has 0 saturated heterocycles. The van der Waals surface area contributed by atoms with Crippen LogP contribution >= 0.6 is 0 Å². The first-order valence-electron chi connectivity index (χ1n) is 10.9. The molecule has 2 heterocycles. The number of nitrogens with zero attached hydrogens (tertiary/aromatic N) is 3. The zero-order chi connectivity index (χ0) is 22.6. The van der Waals surface area contributed by atoms with Crippen molar-refractivity contribution in [2.24, 2.45) is 5.92 Å². The van der Waals surface area contributed by atoms with Gasteiger partial charge in [0.15, 0.2) is 0 Å². The van der Waals surface area contributed by atoms with Crippen molar-refractivity contribution < 1.29 is 9.53 Å². The molecule has 0 atom stereocenters. The minimum atomic E-state index is 0.0403. The van der Waals surface area contributed by atoms with Crippen molar-refractivity contribution in [2.45, 2.75) is 40.5 Å². The van der Waals surface area contributed by atoms with Gasteiger partial charge in [0, 0.05) is 28.5 Å². The number of rotatable bonds is 4. The molecular formula is C26H26N4O2. The van der Waals surface area contributed by atoms with Crippen molar-refractivity contribution in [3.05, 3.63) is 53.0 Å². The Morgan fingerprint density at radius 3 is 2.44 bits per heavy atom. The van der Waals surface area contributed by atoms with Gasteiger partial charge in [-0.2, -0.15) is 0 Å². The van der Waals surface area contributed by atoms with Crippen molar-refractivity contribution in [3.63, 3.8) is 0 Å². The molecule has 6 heteroatoms. The normalized spacial score (nSPS) is 13.5. The number of amides is 1. The first-order chi connectivity index (χ1) is 15.4. The maximum Gasteiger partial charge on any atom is 0.228 e. The number of benzene rings is 2. The van der Waals surface area contributed by atoms with Crippen LogP contribution < -0.4 is 10.1 Å². The Kier molecular flexibility index (Phi) is 4.81. The molecule has 32 heavy (non-hydrogen) atoms. The Labute approximate surface area is 187 Å². The summed E-state index contributed by atoms with van der Waals surface area (Å²) in [6.07, 6.45) is 3.71. The smallest absolute Gasteiger partial charge is 0.228 e. The number of carbonyl (C=O) groups is 1. The Balaban J connectivity index is 1.79. The molecule has 0 unspecified atom stereocenters. The van der Waals surface area contributed by atoms with E-state index in [1.807, 2.05) is 32.2 Å². The molecule has 0 aliphatic heterocycles. The third-order valence-electron chi connectivity index (χ3n) is 6.36. The van der Waals surface area contributed by atoms with E-state index in [0.717, 1.165) is 74.0 Å². The number of aromatic nitrogens is 3. The van der Waals surface area contributed by atoms with E-state index >= 15 is 0 Å². The highest BCUT2D eigenvalue weighted by molar-refractivity contribution is 6.12. The van der Waals surface area contributed by atoms with Gasteiger partial charge in [-0.3, -0.25) is 4.79 Å². The predicted octanol–water partition coefficient (Wildman–Crippen LogP) is 5.44. The highest BCUT2D eigenvalue weighted by Crippen LogP contribution is 2.39. The van der Waals surface area contributed by atoms with Crippen LogP contribution in [0, 0.1) is 33.6 Å². The number of methoxy groups -OCH3 is 1. The van der Waals surface area contributed by atoms with Crippen LogP contribution in [0.4, 0.5) is 5.82 Å². The number of hydrogen-bond donors (Lipinski definition) is 1. The highest BCUT2D eigenvalue weighted by atomic mass is 16.5. The molecule has 162 valence electrons. The van der Waals surface area contributed by atoms with Gasteiger partial charge >= 0.3 is 0 Å². The van der Waals surface area contributed by atoms with Gasteiger partial charge in [0.2, 0.25) is 5.91 Å². The van der Waals surface area contributed by atoms with Gasteiger partial charge in [-0.05, 0) is 75.4 Å². The zero-order valence-corrected chi connectivity index (χ0v) is 19.0. The Morgan fingerprint density at radius 2 is 1.75 bits per heavy atom. The summed E-state index contributed by atoms with van der Waals surface area (Å²) in [6, 6.07) is 8.10. The lowest BCUT2D eigenvalue weighted by Crippen LogP contribution is -2.14. The predicted molar refractivity (Wildman–Crippen MR) is 127 cm³/mol. The maximum absolute atomic E-state index is 12.3. The van der Waals surface area contributed by atoms with Crippen molar-refractivity contribution in [1.82, 2.24) is 15.0 Å². The topological polar surface area (TPSA) is 77.0 Å². The van der Waals surface area contributed by atoms with Crippen LogP contribution in [0.2, 0.25) is 0 Å². The fourth-order valence-corrected chi connectivity index (χ4v) is 4.28. The van der Waals surface area contributed by atoms with Crippen molar-refractivity contribution in [3.8, 4) is 16.9 Å². The second kappa shape index (κ2) is 7.55. The second-order valence-electron chi connectivity index (χ2n) is 8.65. The average Bonchev–Trinajstić information content (AvgIpc) is 3.61. The van der Waals surface area contributed by atoms with Gasteiger partial charge in [-0.25, -0.2) is 15.0 Å². The third kappa shape index (κ3) is 3.36. The maximum atomic E-state index is 12.3. The fraction of sp³-hybridized carbons (Fsp3) is 0.308. The van der Waals surface area contributed by atoms with Gasteiger partial charge < -0.3 is 10.1 Å². The summed E-state index contributed by atoms with van der Waals surface area (Å²) >= 11 is 0. The van der Waals surface area contributed by atoms with E-state index in [1.165, 1.54) is 0 Å². The lowest BCUT2D eigenvalue weighted by molar-refractivity contribution is -0.117. The van der Waals surface area contributed by atoms with Crippen molar-refractivity contribution in [1.29, 1.82) is 0 Å². The number of nitrogens with one attached hydrogen (secondary N) is 1. The molecule has 1 amide bonds. The standard InChI is InChI=1S/C26H26N4O2/c1-13-6-9-21(32-5)14(2)23(13)20-10-18-12-27-22(30-26(31)17-7-8-17)11-19(18)24-25(20)29-16(4)15(3)28-24/h6,9-12,17H,7-8H2,1-5H3,(H,27,30,31). The largest absolute Gasteiger partial charge is 0.496 e. The van der Waals surface area contributed by atoms with E-state index in [4.69, 9.17) is 14.7 Å². The highest BCUT2D eigenvalue weighted by Gasteiger charge is 2.30. The quantitative estimate of drug-likeness (QED) is 0.440. The number of pyridine rings is 1. The minimum absolute atomic E-state index is 0.0403. The van der Waals surface area contributed by atoms with Crippen molar-refractivity contribution in [2.75, 3.05) is 12.4 Å². The third-order valence-corrected chi connectivity index (χ3v) is 6.36. The van der Waals surface area contributed by atoms with E-state index in [2.05, 4.69) is 36.3 Å². The number of fused-ring (bicyclic) bond motifs is 3. The van der Waals surface area contributed by atoms with Crippen LogP contribution in [0.1, 0.15) is 35.4 Å². The monoisotopic (exact) mass is 426 g/mol. The molecule has 0 spiro atoms. The molecule has 4 aromatic rings. The van der Waals surface area contributed by atoms with Gasteiger partial charge in [-0.1, -0.05) is 6.07 Å². The van der Waals surface area contributed by atoms with Crippen LogP contribution in [-0.2, 0) is 4.79 Å². The van der Waals surface area contributed by atoms with E-state index in [-0.39, 0.29) is 11.8 Å². The Morgan fingerprint density at radius 1 is 1.03 bits per heavy atom. The van der Waals surface area contributed by atoms with E-state index < -0.39 is 0 Å². The van der Waals surface area contributed by atoms with Gasteiger partial charge in [0.05, 0.1) is 29.5 Å². The fourth-order valence-electron chi connectivity index (χ4n) is 4.28. The van der Waals surface area contributed by atoms with Crippen molar-refractivity contribution >= 4 is 33.5 Å². The molecular weight excluding hydrogens is 400 g/mol. The molecule has 1 aliphatic carbocycles. The summed E-state index contributed by atoms with van der Waals surface area (Å²) in [6.45, 7) is 8.12. The summed E-state index contributed by atoms with van der Waals surface area (Å²) in [4.78, 5) is 26.7. The van der Waals surface area contributed by atoms with Crippen LogP contribution in [0.15, 0.2) is 30.5 Å². The molecule has 1 saturated carbocycles. The first-order valence-corrected chi connectivity index (χ1v) is 10.9.